The number of amides is 1. The fraction of sp³-hybridized carbons (Fsp3) is 0.348. The molecule has 1 aliphatic heterocycles. The molecule has 156 valence electrons. The second-order valence-electron chi connectivity index (χ2n) is 7.52. The highest BCUT2D eigenvalue weighted by atomic mass is 16.5. The lowest BCUT2D eigenvalue weighted by Crippen LogP contribution is -2.49. The van der Waals surface area contributed by atoms with Crippen LogP contribution in [0.2, 0.25) is 0 Å². The zero-order valence-electron chi connectivity index (χ0n) is 17.7. The van der Waals surface area contributed by atoms with Crippen LogP contribution < -0.4 is 9.64 Å². The van der Waals surface area contributed by atoms with Crippen LogP contribution in [0, 0.1) is 13.8 Å². The van der Waals surface area contributed by atoms with E-state index in [2.05, 4.69) is 16.8 Å². The summed E-state index contributed by atoms with van der Waals surface area (Å²) in [5, 5.41) is 4.70. The van der Waals surface area contributed by atoms with Crippen LogP contribution in [0.1, 0.15) is 17.0 Å². The second kappa shape index (κ2) is 8.57. The highest BCUT2D eigenvalue weighted by Crippen LogP contribution is 2.27. The van der Waals surface area contributed by atoms with Gasteiger partial charge in [-0.05, 0) is 43.7 Å². The molecule has 0 bridgehead atoms. The Morgan fingerprint density at radius 1 is 1.07 bits per heavy atom. The topological polar surface area (TPSA) is 63.5 Å². The van der Waals surface area contributed by atoms with Crippen molar-refractivity contribution in [2.45, 2.75) is 20.3 Å². The van der Waals surface area contributed by atoms with Gasteiger partial charge in [0, 0.05) is 32.4 Å². The Labute approximate surface area is 176 Å². The fourth-order valence-corrected chi connectivity index (χ4v) is 4.04. The van der Waals surface area contributed by atoms with Crippen LogP contribution in [0.5, 0.6) is 5.75 Å². The van der Waals surface area contributed by atoms with E-state index < -0.39 is 0 Å². The number of piperazine rings is 1. The number of carbonyl (C=O) groups is 1. The molecule has 0 spiro atoms. The summed E-state index contributed by atoms with van der Waals surface area (Å²) < 4.78 is 7.15. The van der Waals surface area contributed by atoms with Crippen LogP contribution in [0.4, 0.5) is 5.69 Å². The smallest absolute Gasteiger partial charge is 0.227 e. The van der Waals surface area contributed by atoms with Crippen LogP contribution in [0.3, 0.4) is 0 Å². The van der Waals surface area contributed by atoms with Crippen molar-refractivity contribution in [3.8, 4) is 11.6 Å². The second-order valence-corrected chi connectivity index (χ2v) is 7.52. The monoisotopic (exact) mass is 405 g/mol. The molecule has 1 fully saturated rings. The molecule has 3 heterocycles. The molecule has 1 aliphatic rings. The number of aromatic nitrogens is 3. The number of carbonyl (C=O) groups excluding carboxylic acids is 1. The molecule has 1 saturated heterocycles. The van der Waals surface area contributed by atoms with Gasteiger partial charge in [-0.1, -0.05) is 18.2 Å². The zero-order chi connectivity index (χ0) is 21.1. The Hall–Kier alpha value is -3.35. The van der Waals surface area contributed by atoms with E-state index in [0.717, 1.165) is 47.3 Å². The van der Waals surface area contributed by atoms with Gasteiger partial charge < -0.3 is 14.5 Å². The van der Waals surface area contributed by atoms with Crippen molar-refractivity contribution in [2.24, 2.45) is 0 Å². The van der Waals surface area contributed by atoms with E-state index >= 15 is 0 Å². The van der Waals surface area contributed by atoms with Gasteiger partial charge in [-0.3, -0.25) is 4.79 Å². The number of benzene rings is 1. The predicted octanol–water partition coefficient (Wildman–Crippen LogP) is 2.78. The summed E-state index contributed by atoms with van der Waals surface area (Å²) in [5.41, 5.74) is 4.17. The fourth-order valence-electron chi connectivity index (χ4n) is 4.04. The number of rotatable bonds is 5. The number of ether oxygens (including phenoxy) is 1. The summed E-state index contributed by atoms with van der Waals surface area (Å²) in [6.07, 6.45) is 2.17. The van der Waals surface area contributed by atoms with Crippen LogP contribution in [-0.4, -0.2) is 58.9 Å². The summed E-state index contributed by atoms with van der Waals surface area (Å²) in [6.45, 7) is 7.10. The number of nitrogens with zero attached hydrogens (tertiary/aromatic N) is 5. The van der Waals surface area contributed by atoms with Crippen LogP contribution in [0.25, 0.3) is 5.82 Å². The molecule has 0 unspecified atom stereocenters. The number of methoxy groups -OCH3 is 1. The highest BCUT2D eigenvalue weighted by molar-refractivity contribution is 5.79. The zero-order valence-corrected chi connectivity index (χ0v) is 17.7. The van der Waals surface area contributed by atoms with Gasteiger partial charge in [-0.15, -0.1) is 0 Å². The lowest BCUT2D eigenvalue weighted by atomic mass is 10.1. The highest BCUT2D eigenvalue weighted by Gasteiger charge is 2.25. The average Bonchev–Trinajstić information content (AvgIpc) is 3.08. The van der Waals surface area contributed by atoms with E-state index in [1.165, 1.54) is 0 Å². The largest absolute Gasteiger partial charge is 0.497 e. The molecule has 7 nitrogen and oxygen atoms in total. The Kier molecular flexibility index (Phi) is 5.70. The van der Waals surface area contributed by atoms with E-state index in [9.17, 15) is 4.79 Å². The standard InChI is InChI=1S/C23H27N5O2/c1-17-23(18(2)28(25-17)21-9-4-5-10-24-21)27-13-11-26(12-14-27)22(29)16-19-7-6-8-20(15-19)30-3/h4-10,15H,11-14,16H2,1-3H3. The van der Waals surface area contributed by atoms with E-state index in [1.807, 2.05) is 59.0 Å². The maximum atomic E-state index is 12.8. The van der Waals surface area contributed by atoms with Crippen LogP contribution in [-0.2, 0) is 11.2 Å². The lowest BCUT2D eigenvalue weighted by molar-refractivity contribution is -0.130. The Balaban J connectivity index is 1.42. The quantitative estimate of drug-likeness (QED) is 0.653. The van der Waals surface area contributed by atoms with Crippen molar-refractivity contribution in [1.82, 2.24) is 19.7 Å². The summed E-state index contributed by atoms with van der Waals surface area (Å²) in [7, 11) is 1.64. The molecular weight excluding hydrogens is 378 g/mol. The van der Waals surface area contributed by atoms with E-state index in [1.54, 1.807) is 13.3 Å². The first-order chi connectivity index (χ1) is 14.6. The van der Waals surface area contributed by atoms with Crippen molar-refractivity contribution in [2.75, 3.05) is 38.2 Å². The van der Waals surface area contributed by atoms with Crippen LogP contribution in [0.15, 0.2) is 48.7 Å². The molecule has 30 heavy (non-hydrogen) atoms. The lowest BCUT2D eigenvalue weighted by Gasteiger charge is -2.36. The Bertz CT molecular complexity index is 1020. The molecule has 0 atom stereocenters. The number of hydrogen-bond acceptors (Lipinski definition) is 5. The number of pyridine rings is 1. The third-order valence-electron chi connectivity index (χ3n) is 5.56. The van der Waals surface area contributed by atoms with Crippen LogP contribution >= 0.6 is 0 Å². The van der Waals surface area contributed by atoms with E-state index in [0.29, 0.717) is 19.5 Å². The summed E-state index contributed by atoms with van der Waals surface area (Å²) in [4.78, 5) is 21.5. The first-order valence-corrected chi connectivity index (χ1v) is 10.2. The molecule has 7 heteroatoms. The predicted molar refractivity (Wildman–Crippen MR) is 116 cm³/mol. The molecule has 0 aliphatic carbocycles. The minimum atomic E-state index is 0.153. The third kappa shape index (κ3) is 4.01. The van der Waals surface area contributed by atoms with Gasteiger partial charge in [-0.25, -0.2) is 9.67 Å². The van der Waals surface area contributed by atoms with E-state index in [4.69, 9.17) is 9.84 Å². The first-order valence-electron chi connectivity index (χ1n) is 10.2. The SMILES string of the molecule is COc1cccc(CC(=O)N2CCN(c3c(C)nn(-c4ccccn4)c3C)CC2)c1. The van der Waals surface area contributed by atoms with Gasteiger partial charge in [0.25, 0.3) is 0 Å². The number of hydrogen-bond donors (Lipinski definition) is 0. The summed E-state index contributed by atoms with van der Waals surface area (Å²) in [5.74, 6) is 1.75. The van der Waals surface area contributed by atoms with Gasteiger partial charge in [0.05, 0.1) is 30.6 Å². The normalized spacial score (nSPS) is 14.1. The molecular formula is C23H27N5O2. The first kappa shape index (κ1) is 19.9. The van der Waals surface area contributed by atoms with Crippen molar-refractivity contribution in [3.05, 3.63) is 65.6 Å². The van der Waals surface area contributed by atoms with Crippen molar-refractivity contribution in [1.29, 1.82) is 0 Å². The van der Waals surface area contributed by atoms with Crippen molar-refractivity contribution in [3.63, 3.8) is 0 Å². The average molecular weight is 406 g/mol. The summed E-state index contributed by atoms with van der Waals surface area (Å²) >= 11 is 0. The van der Waals surface area contributed by atoms with Gasteiger partial charge in [0.2, 0.25) is 5.91 Å². The third-order valence-corrected chi connectivity index (χ3v) is 5.56. The molecule has 1 aromatic carbocycles. The number of anilines is 1. The maximum absolute atomic E-state index is 12.8. The maximum Gasteiger partial charge on any atom is 0.227 e. The molecule has 4 rings (SSSR count). The number of aryl methyl sites for hydroxylation is 1. The summed E-state index contributed by atoms with van der Waals surface area (Å²) in [6, 6.07) is 13.5. The molecule has 1 amide bonds. The Morgan fingerprint density at radius 2 is 1.87 bits per heavy atom. The molecule has 3 aromatic rings. The molecule has 0 N–H and O–H groups in total. The Morgan fingerprint density at radius 3 is 2.57 bits per heavy atom. The van der Waals surface area contributed by atoms with Crippen molar-refractivity contribution < 1.29 is 9.53 Å². The molecule has 2 aromatic heterocycles. The van der Waals surface area contributed by atoms with Gasteiger partial charge in [0.15, 0.2) is 5.82 Å². The van der Waals surface area contributed by atoms with Gasteiger partial charge in [-0.2, -0.15) is 5.10 Å². The molecule has 0 radical (unpaired) electrons. The van der Waals surface area contributed by atoms with Crippen molar-refractivity contribution >= 4 is 11.6 Å². The molecule has 0 saturated carbocycles. The minimum absolute atomic E-state index is 0.153. The van der Waals surface area contributed by atoms with Gasteiger partial charge >= 0.3 is 0 Å². The van der Waals surface area contributed by atoms with Gasteiger partial charge in [0.1, 0.15) is 5.75 Å². The van der Waals surface area contributed by atoms with E-state index in [-0.39, 0.29) is 5.91 Å². The minimum Gasteiger partial charge on any atom is -0.497 e.